The first-order valence-corrected chi connectivity index (χ1v) is 8.60. The second kappa shape index (κ2) is 8.98. The number of aliphatic carboxylic acids is 1. The first kappa shape index (κ1) is 20.2. The van der Waals surface area contributed by atoms with Gasteiger partial charge in [0, 0.05) is 11.6 Å². The van der Waals surface area contributed by atoms with E-state index < -0.39 is 23.5 Å². The zero-order valence-corrected chi connectivity index (χ0v) is 15.5. The molecule has 2 aromatic rings. The second-order valence-electron chi connectivity index (χ2n) is 6.21. The average molecular weight is 373 g/mol. The van der Waals surface area contributed by atoms with Crippen LogP contribution in [0.5, 0.6) is 5.75 Å². The van der Waals surface area contributed by atoms with Crippen LogP contribution >= 0.6 is 0 Å². The van der Waals surface area contributed by atoms with Crippen LogP contribution in [0.15, 0.2) is 41.2 Å². The minimum atomic E-state index is -1.11. The maximum atomic E-state index is 12.2. The molecule has 27 heavy (non-hydrogen) atoms. The molecule has 1 heterocycles. The third-order valence-corrected chi connectivity index (χ3v) is 4.34. The Bertz CT molecular complexity index is 860. The molecule has 0 bridgehead atoms. The quantitative estimate of drug-likeness (QED) is 0.726. The number of nitrogens with one attached hydrogen (secondary N) is 1. The number of carbonyl (C=O) groups is 2. The Morgan fingerprint density at radius 2 is 1.89 bits per heavy atom. The Labute approximate surface area is 156 Å². The molecule has 1 aromatic carbocycles. The van der Waals surface area contributed by atoms with Crippen LogP contribution in [0.3, 0.4) is 0 Å². The van der Waals surface area contributed by atoms with Gasteiger partial charge in [-0.25, -0.2) is 9.48 Å². The van der Waals surface area contributed by atoms with Crippen molar-refractivity contribution < 1.29 is 19.4 Å². The van der Waals surface area contributed by atoms with E-state index in [0.29, 0.717) is 17.9 Å². The topological polar surface area (TPSA) is 111 Å². The van der Waals surface area contributed by atoms with Gasteiger partial charge in [0.05, 0.1) is 12.8 Å². The third-order valence-electron chi connectivity index (χ3n) is 4.34. The SMILES string of the molecule is CC[C@H](C)[C@@H](NC(=O)Cn1nc(-c2ccc(OC)cc2)ccc1=O)C(=O)O. The summed E-state index contributed by atoms with van der Waals surface area (Å²) in [5, 5.41) is 15.9. The summed E-state index contributed by atoms with van der Waals surface area (Å²) in [7, 11) is 1.57. The Morgan fingerprint density at radius 1 is 1.22 bits per heavy atom. The number of hydrogen-bond donors (Lipinski definition) is 2. The van der Waals surface area contributed by atoms with Crippen molar-refractivity contribution in [2.24, 2.45) is 5.92 Å². The Balaban J connectivity index is 2.19. The lowest BCUT2D eigenvalue weighted by atomic mass is 9.99. The summed E-state index contributed by atoms with van der Waals surface area (Å²) in [6.45, 7) is 3.23. The molecule has 0 spiro atoms. The zero-order valence-electron chi connectivity index (χ0n) is 15.5. The van der Waals surface area contributed by atoms with Gasteiger partial charge in [0.15, 0.2) is 0 Å². The van der Waals surface area contributed by atoms with Crippen LogP contribution in [0, 0.1) is 5.92 Å². The fourth-order valence-electron chi connectivity index (χ4n) is 2.52. The summed E-state index contributed by atoms with van der Waals surface area (Å²) in [6.07, 6.45) is 0.600. The van der Waals surface area contributed by atoms with E-state index in [1.165, 1.54) is 6.07 Å². The second-order valence-corrected chi connectivity index (χ2v) is 6.21. The lowest BCUT2D eigenvalue weighted by Crippen LogP contribution is -2.47. The maximum Gasteiger partial charge on any atom is 0.326 e. The molecule has 8 heteroatoms. The molecule has 0 saturated carbocycles. The number of hydrogen-bond acceptors (Lipinski definition) is 5. The van der Waals surface area contributed by atoms with Gasteiger partial charge in [-0.15, -0.1) is 0 Å². The number of benzene rings is 1. The average Bonchev–Trinajstić information content (AvgIpc) is 2.67. The van der Waals surface area contributed by atoms with Gasteiger partial charge in [0.1, 0.15) is 18.3 Å². The van der Waals surface area contributed by atoms with E-state index in [1.54, 1.807) is 44.4 Å². The van der Waals surface area contributed by atoms with Crippen LogP contribution in [-0.2, 0) is 16.1 Å². The highest BCUT2D eigenvalue weighted by atomic mass is 16.5. The summed E-state index contributed by atoms with van der Waals surface area (Å²) >= 11 is 0. The molecule has 0 aliphatic rings. The van der Waals surface area contributed by atoms with Crippen LogP contribution in [-0.4, -0.2) is 39.9 Å². The van der Waals surface area contributed by atoms with Crippen molar-refractivity contribution in [3.05, 3.63) is 46.8 Å². The summed E-state index contributed by atoms with van der Waals surface area (Å²) in [6, 6.07) is 8.99. The minimum absolute atomic E-state index is 0.234. The van der Waals surface area contributed by atoms with E-state index in [4.69, 9.17) is 4.74 Å². The molecular formula is C19H23N3O5. The highest BCUT2D eigenvalue weighted by molar-refractivity contribution is 5.83. The van der Waals surface area contributed by atoms with Crippen molar-refractivity contribution in [2.75, 3.05) is 7.11 Å². The summed E-state index contributed by atoms with van der Waals surface area (Å²) in [5.74, 6) is -1.23. The van der Waals surface area contributed by atoms with Crippen LogP contribution in [0.2, 0.25) is 0 Å². The lowest BCUT2D eigenvalue weighted by molar-refractivity contribution is -0.143. The van der Waals surface area contributed by atoms with Crippen molar-refractivity contribution in [3.63, 3.8) is 0 Å². The van der Waals surface area contributed by atoms with E-state index in [2.05, 4.69) is 10.4 Å². The van der Waals surface area contributed by atoms with E-state index in [0.717, 1.165) is 10.2 Å². The molecule has 0 unspecified atom stereocenters. The van der Waals surface area contributed by atoms with Gasteiger partial charge in [-0.05, 0) is 36.2 Å². The highest BCUT2D eigenvalue weighted by Gasteiger charge is 2.25. The van der Waals surface area contributed by atoms with Crippen molar-refractivity contribution in [1.29, 1.82) is 0 Å². The van der Waals surface area contributed by atoms with Gasteiger partial charge in [0.2, 0.25) is 5.91 Å². The minimum Gasteiger partial charge on any atom is -0.497 e. The molecule has 2 N–H and O–H groups in total. The molecule has 0 radical (unpaired) electrons. The smallest absolute Gasteiger partial charge is 0.326 e. The Morgan fingerprint density at radius 3 is 2.44 bits per heavy atom. The predicted octanol–water partition coefficient (Wildman–Crippen LogP) is 1.53. The first-order chi connectivity index (χ1) is 12.8. The molecule has 0 aliphatic carbocycles. The van der Waals surface area contributed by atoms with Gasteiger partial charge in [-0.2, -0.15) is 5.10 Å². The maximum absolute atomic E-state index is 12.2. The number of ether oxygens (including phenoxy) is 1. The molecular weight excluding hydrogens is 350 g/mol. The normalized spacial score (nSPS) is 12.9. The number of aromatic nitrogens is 2. The fourth-order valence-corrected chi connectivity index (χ4v) is 2.52. The molecule has 0 saturated heterocycles. The number of nitrogens with zero attached hydrogens (tertiary/aromatic N) is 2. The van der Waals surface area contributed by atoms with Gasteiger partial charge < -0.3 is 15.2 Å². The highest BCUT2D eigenvalue weighted by Crippen LogP contribution is 2.19. The molecule has 0 aliphatic heterocycles. The number of carbonyl (C=O) groups excluding carboxylic acids is 1. The molecule has 0 fully saturated rings. The number of carboxylic acids is 1. The zero-order chi connectivity index (χ0) is 20.0. The van der Waals surface area contributed by atoms with Crippen molar-refractivity contribution in [2.45, 2.75) is 32.9 Å². The first-order valence-electron chi connectivity index (χ1n) is 8.60. The van der Waals surface area contributed by atoms with Crippen molar-refractivity contribution in [1.82, 2.24) is 15.1 Å². The van der Waals surface area contributed by atoms with E-state index in [9.17, 15) is 19.5 Å². The largest absolute Gasteiger partial charge is 0.497 e. The van der Waals surface area contributed by atoms with Gasteiger partial charge in [0.25, 0.3) is 5.56 Å². The number of methoxy groups -OCH3 is 1. The van der Waals surface area contributed by atoms with Gasteiger partial charge in [-0.1, -0.05) is 20.3 Å². The Hall–Kier alpha value is -3.16. The van der Waals surface area contributed by atoms with Crippen LogP contribution < -0.4 is 15.6 Å². The van der Waals surface area contributed by atoms with E-state index in [-0.39, 0.29) is 12.5 Å². The van der Waals surface area contributed by atoms with Crippen LogP contribution in [0.4, 0.5) is 0 Å². The third kappa shape index (κ3) is 5.16. The molecule has 2 rings (SSSR count). The van der Waals surface area contributed by atoms with Gasteiger partial charge in [-0.3, -0.25) is 9.59 Å². The summed E-state index contributed by atoms with van der Waals surface area (Å²) in [4.78, 5) is 35.6. The molecule has 1 amide bonds. The molecule has 1 aromatic heterocycles. The summed E-state index contributed by atoms with van der Waals surface area (Å²) in [5.41, 5.74) is 0.826. The molecule has 2 atom stereocenters. The van der Waals surface area contributed by atoms with Crippen molar-refractivity contribution in [3.8, 4) is 17.0 Å². The van der Waals surface area contributed by atoms with Crippen LogP contribution in [0.25, 0.3) is 11.3 Å². The Kier molecular flexibility index (Phi) is 6.70. The standard InChI is InChI=1S/C19H23N3O5/c1-4-12(2)18(19(25)26)20-16(23)11-22-17(24)10-9-15(21-22)13-5-7-14(27-3)8-6-13/h5-10,12,18H,4,11H2,1-3H3,(H,20,23)(H,25,26)/t12-,18+/m0/s1. The fraction of sp³-hybridized carbons (Fsp3) is 0.368. The lowest BCUT2D eigenvalue weighted by Gasteiger charge is -2.20. The molecule has 144 valence electrons. The predicted molar refractivity (Wildman–Crippen MR) is 99.5 cm³/mol. The number of rotatable bonds is 8. The molecule has 8 nitrogen and oxygen atoms in total. The number of carboxylic acid groups (broad SMARTS) is 1. The van der Waals surface area contributed by atoms with E-state index in [1.807, 2.05) is 6.92 Å². The number of amides is 1. The van der Waals surface area contributed by atoms with E-state index >= 15 is 0 Å². The van der Waals surface area contributed by atoms with Crippen LogP contribution in [0.1, 0.15) is 20.3 Å². The van der Waals surface area contributed by atoms with Crippen molar-refractivity contribution >= 4 is 11.9 Å². The monoisotopic (exact) mass is 373 g/mol. The van der Waals surface area contributed by atoms with Gasteiger partial charge >= 0.3 is 5.97 Å². The summed E-state index contributed by atoms with van der Waals surface area (Å²) < 4.78 is 6.13.